The largest absolute Gasteiger partial charge is 0.493 e. The first-order valence-electron chi connectivity index (χ1n) is 6.93. The number of nitrogens with two attached hydrogens (primary N) is 1. The minimum Gasteiger partial charge on any atom is -0.493 e. The molecule has 1 amide bonds. The van der Waals surface area contributed by atoms with Crippen LogP contribution in [0.15, 0.2) is 48.5 Å². The van der Waals surface area contributed by atoms with Crippen molar-refractivity contribution in [3.63, 3.8) is 0 Å². The Labute approximate surface area is 130 Å². The molecule has 0 unspecified atom stereocenters. The van der Waals surface area contributed by atoms with E-state index in [9.17, 15) is 4.79 Å². The third-order valence-electron chi connectivity index (χ3n) is 3.27. The molecule has 2 aromatic carbocycles. The molecular formula is C18H19NO3. The molecule has 114 valence electrons. The number of rotatable bonds is 6. The second-order valence-corrected chi connectivity index (χ2v) is 4.86. The van der Waals surface area contributed by atoms with Crippen molar-refractivity contribution in [2.75, 3.05) is 7.11 Å². The van der Waals surface area contributed by atoms with E-state index in [1.54, 1.807) is 19.3 Å². The molecule has 0 fully saturated rings. The van der Waals surface area contributed by atoms with E-state index in [0.717, 1.165) is 11.1 Å². The van der Waals surface area contributed by atoms with Crippen molar-refractivity contribution in [1.82, 2.24) is 0 Å². The fourth-order valence-electron chi connectivity index (χ4n) is 2.02. The molecule has 0 bridgehead atoms. The number of hydrogen-bond acceptors (Lipinski definition) is 3. The first-order chi connectivity index (χ1) is 10.6. The Morgan fingerprint density at radius 3 is 2.64 bits per heavy atom. The maximum absolute atomic E-state index is 10.8. The fourth-order valence-corrected chi connectivity index (χ4v) is 2.02. The van der Waals surface area contributed by atoms with Crippen LogP contribution in [0.3, 0.4) is 0 Å². The van der Waals surface area contributed by atoms with Gasteiger partial charge in [0, 0.05) is 6.08 Å². The Hall–Kier alpha value is -2.75. The van der Waals surface area contributed by atoms with E-state index in [4.69, 9.17) is 15.2 Å². The lowest BCUT2D eigenvalue weighted by molar-refractivity contribution is -0.113. The van der Waals surface area contributed by atoms with Crippen LogP contribution in [-0.2, 0) is 11.4 Å². The van der Waals surface area contributed by atoms with Crippen LogP contribution >= 0.6 is 0 Å². The maximum Gasteiger partial charge on any atom is 0.241 e. The smallest absolute Gasteiger partial charge is 0.241 e. The minimum atomic E-state index is -0.488. The Morgan fingerprint density at radius 2 is 1.95 bits per heavy atom. The summed E-state index contributed by atoms with van der Waals surface area (Å²) < 4.78 is 11.2. The van der Waals surface area contributed by atoms with E-state index in [1.807, 2.05) is 43.3 Å². The highest BCUT2D eigenvalue weighted by Crippen LogP contribution is 2.29. The highest BCUT2D eigenvalue weighted by molar-refractivity contribution is 5.90. The van der Waals surface area contributed by atoms with Gasteiger partial charge < -0.3 is 15.2 Å². The average Bonchev–Trinajstić information content (AvgIpc) is 2.52. The average molecular weight is 297 g/mol. The van der Waals surface area contributed by atoms with Gasteiger partial charge in [-0.2, -0.15) is 0 Å². The van der Waals surface area contributed by atoms with Crippen LogP contribution in [0.25, 0.3) is 6.08 Å². The van der Waals surface area contributed by atoms with Crippen molar-refractivity contribution in [3.8, 4) is 11.5 Å². The van der Waals surface area contributed by atoms with Gasteiger partial charge in [0.25, 0.3) is 0 Å². The van der Waals surface area contributed by atoms with Gasteiger partial charge in [0.2, 0.25) is 5.91 Å². The zero-order chi connectivity index (χ0) is 15.9. The number of hydrogen-bond donors (Lipinski definition) is 1. The van der Waals surface area contributed by atoms with Gasteiger partial charge in [-0.3, -0.25) is 4.79 Å². The Balaban J connectivity index is 2.19. The van der Waals surface area contributed by atoms with Crippen LogP contribution in [0.1, 0.15) is 16.7 Å². The Bertz CT molecular complexity index is 692. The number of primary amides is 1. The SMILES string of the molecule is COc1ccc(/C=C/C(N)=O)cc1OCc1ccccc1C. The molecule has 0 aliphatic rings. The predicted molar refractivity (Wildman–Crippen MR) is 86.7 cm³/mol. The summed E-state index contributed by atoms with van der Waals surface area (Å²) in [6, 6.07) is 13.5. The molecule has 0 aliphatic heterocycles. The van der Waals surface area contributed by atoms with Crippen LogP contribution in [-0.4, -0.2) is 13.0 Å². The van der Waals surface area contributed by atoms with Crippen molar-refractivity contribution in [3.05, 3.63) is 65.2 Å². The predicted octanol–water partition coefficient (Wildman–Crippen LogP) is 3.08. The summed E-state index contributed by atoms with van der Waals surface area (Å²) in [5.74, 6) is 0.778. The van der Waals surface area contributed by atoms with Crippen molar-refractivity contribution in [2.45, 2.75) is 13.5 Å². The molecule has 2 rings (SSSR count). The molecule has 0 atom stereocenters. The summed E-state index contributed by atoms with van der Waals surface area (Å²) in [5, 5.41) is 0. The number of carbonyl (C=O) groups is 1. The number of aryl methyl sites for hydroxylation is 1. The van der Waals surface area contributed by atoms with Crippen LogP contribution in [0.5, 0.6) is 11.5 Å². The Morgan fingerprint density at radius 1 is 1.18 bits per heavy atom. The molecule has 0 radical (unpaired) electrons. The van der Waals surface area contributed by atoms with E-state index in [-0.39, 0.29) is 0 Å². The lowest BCUT2D eigenvalue weighted by Crippen LogP contribution is -2.05. The second kappa shape index (κ2) is 7.31. The number of benzene rings is 2. The highest BCUT2D eigenvalue weighted by atomic mass is 16.5. The van der Waals surface area contributed by atoms with Crippen molar-refractivity contribution >= 4 is 12.0 Å². The summed E-state index contributed by atoms with van der Waals surface area (Å²) >= 11 is 0. The third-order valence-corrected chi connectivity index (χ3v) is 3.27. The first-order valence-corrected chi connectivity index (χ1v) is 6.93. The molecule has 0 spiro atoms. The van der Waals surface area contributed by atoms with Gasteiger partial charge in [-0.15, -0.1) is 0 Å². The highest BCUT2D eigenvalue weighted by Gasteiger charge is 2.06. The second-order valence-electron chi connectivity index (χ2n) is 4.86. The standard InChI is InChI=1S/C18H19NO3/c1-13-5-3-4-6-15(13)12-22-17-11-14(8-10-18(19)20)7-9-16(17)21-2/h3-11H,12H2,1-2H3,(H2,19,20)/b10-8+. The van der Waals surface area contributed by atoms with Crippen molar-refractivity contribution in [2.24, 2.45) is 5.73 Å². The molecule has 0 saturated heterocycles. The summed E-state index contributed by atoms with van der Waals surface area (Å²) in [6.45, 7) is 2.49. The van der Waals surface area contributed by atoms with Crippen LogP contribution in [0.4, 0.5) is 0 Å². The number of carbonyl (C=O) groups excluding carboxylic acids is 1. The topological polar surface area (TPSA) is 61.5 Å². The summed E-state index contributed by atoms with van der Waals surface area (Å²) in [4.78, 5) is 10.8. The molecule has 4 heteroatoms. The summed E-state index contributed by atoms with van der Waals surface area (Å²) in [6.07, 6.45) is 2.95. The van der Waals surface area contributed by atoms with Gasteiger partial charge in [-0.05, 0) is 41.8 Å². The third kappa shape index (κ3) is 4.12. The lowest BCUT2D eigenvalue weighted by atomic mass is 10.1. The summed E-state index contributed by atoms with van der Waals surface area (Å²) in [5.41, 5.74) is 8.21. The lowest BCUT2D eigenvalue weighted by Gasteiger charge is -2.12. The summed E-state index contributed by atoms with van der Waals surface area (Å²) in [7, 11) is 1.59. The molecule has 0 heterocycles. The van der Waals surface area contributed by atoms with Crippen molar-refractivity contribution < 1.29 is 14.3 Å². The van der Waals surface area contributed by atoms with Gasteiger partial charge in [0.1, 0.15) is 6.61 Å². The normalized spacial score (nSPS) is 10.6. The first kappa shape index (κ1) is 15.6. The zero-order valence-electron chi connectivity index (χ0n) is 12.7. The van der Waals surface area contributed by atoms with Gasteiger partial charge >= 0.3 is 0 Å². The molecule has 4 nitrogen and oxygen atoms in total. The van der Waals surface area contributed by atoms with Gasteiger partial charge in [-0.25, -0.2) is 0 Å². The molecule has 2 N–H and O–H groups in total. The number of methoxy groups -OCH3 is 1. The number of ether oxygens (including phenoxy) is 2. The van der Waals surface area contributed by atoms with Crippen LogP contribution < -0.4 is 15.2 Å². The molecule has 0 aromatic heterocycles. The van der Waals surface area contributed by atoms with E-state index < -0.39 is 5.91 Å². The number of amides is 1. The minimum absolute atomic E-state index is 0.450. The van der Waals surface area contributed by atoms with Gasteiger partial charge in [0.15, 0.2) is 11.5 Å². The van der Waals surface area contributed by atoms with E-state index in [0.29, 0.717) is 18.1 Å². The monoisotopic (exact) mass is 297 g/mol. The zero-order valence-corrected chi connectivity index (χ0v) is 12.7. The van der Waals surface area contributed by atoms with E-state index in [2.05, 4.69) is 0 Å². The molecule has 0 saturated carbocycles. The van der Waals surface area contributed by atoms with E-state index >= 15 is 0 Å². The molecule has 22 heavy (non-hydrogen) atoms. The Kier molecular flexibility index (Phi) is 5.20. The van der Waals surface area contributed by atoms with Gasteiger partial charge in [-0.1, -0.05) is 30.3 Å². The molecule has 0 aliphatic carbocycles. The maximum atomic E-state index is 10.8. The fraction of sp³-hybridized carbons (Fsp3) is 0.167. The van der Waals surface area contributed by atoms with E-state index in [1.165, 1.54) is 11.6 Å². The van der Waals surface area contributed by atoms with Crippen molar-refractivity contribution in [1.29, 1.82) is 0 Å². The van der Waals surface area contributed by atoms with Crippen LogP contribution in [0, 0.1) is 6.92 Å². The molecule has 2 aromatic rings. The quantitative estimate of drug-likeness (QED) is 0.833. The molecular weight excluding hydrogens is 278 g/mol. The van der Waals surface area contributed by atoms with Crippen LogP contribution in [0.2, 0.25) is 0 Å². The van der Waals surface area contributed by atoms with Gasteiger partial charge in [0.05, 0.1) is 7.11 Å².